The molecule has 0 aliphatic carbocycles. The van der Waals surface area contributed by atoms with Gasteiger partial charge in [-0.3, -0.25) is 9.78 Å². The van der Waals surface area contributed by atoms with Gasteiger partial charge in [0.25, 0.3) is 5.56 Å². The summed E-state index contributed by atoms with van der Waals surface area (Å²) in [4.78, 5) is 23.9. The van der Waals surface area contributed by atoms with Crippen molar-refractivity contribution in [1.29, 1.82) is 0 Å². The third-order valence-electron chi connectivity index (χ3n) is 4.06. The van der Waals surface area contributed by atoms with E-state index in [-0.39, 0.29) is 5.56 Å². The van der Waals surface area contributed by atoms with Crippen LogP contribution in [0.5, 0.6) is 0 Å². The van der Waals surface area contributed by atoms with E-state index in [9.17, 15) is 4.79 Å². The monoisotopic (exact) mass is 374 g/mol. The number of aromatic amines is 1. The predicted molar refractivity (Wildman–Crippen MR) is 110 cm³/mol. The summed E-state index contributed by atoms with van der Waals surface area (Å²) < 4.78 is 0. The normalized spacial score (nSPS) is 10.7. The highest BCUT2D eigenvalue weighted by atomic mass is 32.1. The van der Waals surface area contributed by atoms with Crippen LogP contribution in [0, 0.1) is 0 Å². The van der Waals surface area contributed by atoms with Crippen molar-refractivity contribution in [3.63, 3.8) is 0 Å². The fourth-order valence-corrected chi connectivity index (χ4v) is 3.60. The maximum atomic E-state index is 11.9. The maximum absolute atomic E-state index is 11.9. The van der Waals surface area contributed by atoms with Crippen molar-refractivity contribution < 1.29 is 0 Å². The zero-order valence-electron chi connectivity index (χ0n) is 14.6. The van der Waals surface area contributed by atoms with E-state index in [1.807, 2.05) is 48.5 Å². The molecule has 27 heavy (non-hydrogen) atoms. The van der Waals surface area contributed by atoms with Crippen LogP contribution in [0.2, 0.25) is 0 Å². The third-order valence-corrected chi connectivity index (χ3v) is 5.00. The summed E-state index contributed by atoms with van der Waals surface area (Å²) in [5, 5.41) is 6.28. The van der Waals surface area contributed by atoms with Gasteiger partial charge in [0, 0.05) is 35.5 Å². The minimum absolute atomic E-state index is 0.175. The van der Waals surface area contributed by atoms with Crippen molar-refractivity contribution >= 4 is 17.3 Å². The lowest BCUT2D eigenvalue weighted by molar-refractivity contribution is 0.950. The summed E-state index contributed by atoms with van der Waals surface area (Å²) in [7, 11) is 0. The van der Waals surface area contributed by atoms with Crippen LogP contribution in [0.25, 0.3) is 21.8 Å². The number of rotatable bonds is 6. The number of hydrogen-bond donors (Lipinski definition) is 2. The van der Waals surface area contributed by atoms with Crippen molar-refractivity contribution in [1.82, 2.24) is 15.0 Å². The molecule has 4 rings (SSSR count). The molecule has 0 spiro atoms. The molecule has 0 aliphatic heterocycles. The van der Waals surface area contributed by atoms with Crippen LogP contribution in [0.1, 0.15) is 5.69 Å². The van der Waals surface area contributed by atoms with Crippen LogP contribution in [-0.4, -0.2) is 21.5 Å². The zero-order valence-corrected chi connectivity index (χ0v) is 15.4. The standard InChI is InChI=1S/C21H18N4OS/c26-19-13-18(15-7-3-1-4-8-15)24-21(25-19)22-12-11-17-14-27-20(23-17)16-9-5-2-6-10-16/h1-10,13-14H,11-12H2,(H2,22,24,25,26). The lowest BCUT2D eigenvalue weighted by Crippen LogP contribution is -2.14. The Labute approximate surface area is 160 Å². The average Bonchev–Trinajstić information content (AvgIpc) is 3.18. The van der Waals surface area contributed by atoms with Crippen molar-refractivity contribution in [3.8, 4) is 21.8 Å². The zero-order chi connectivity index (χ0) is 18.5. The largest absolute Gasteiger partial charge is 0.355 e. The second-order valence-corrected chi connectivity index (χ2v) is 6.89. The van der Waals surface area contributed by atoms with Crippen LogP contribution in [-0.2, 0) is 6.42 Å². The number of hydrogen-bond acceptors (Lipinski definition) is 5. The third kappa shape index (κ3) is 4.30. The van der Waals surface area contributed by atoms with Gasteiger partial charge in [0.1, 0.15) is 5.01 Å². The van der Waals surface area contributed by atoms with Gasteiger partial charge in [-0.2, -0.15) is 0 Å². The highest BCUT2D eigenvalue weighted by Crippen LogP contribution is 2.23. The SMILES string of the molecule is O=c1cc(-c2ccccc2)nc(NCCc2csc(-c3ccccc3)n2)[nH]1. The fraction of sp³-hybridized carbons (Fsp3) is 0.0952. The molecular weight excluding hydrogens is 356 g/mol. The van der Waals surface area contributed by atoms with Gasteiger partial charge in [-0.05, 0) is 0 Å². The second-order valence-electron chi connectivity index (χ2n) is 6.03. The van der Waals surface area contributed by atoms with E-state index in [0.717, 1.165) is 28.2 Å². The first-order valence-corrected chi connectivity index (χ1v) is 9.56. The summed E-state index contributed by atoms with van der Waals surface area (Å²) in [5.74, 6) is 0.472. The van der Waals surface area contributed by atoms with Gasteiger partial charge in [-0.1, -0.05) is 60.7 Å². The number of nitrogens with one attached hydrogen (secondary N) is 2. The van der Waals surface area contributed by atoms with Gasteiger partial charge in [0.2, 0.25) is 5.95 Å². The minimum Gasteiger partial charge on any atom is -0.355 e. The van der Waals surface area contributed by atoms with E-state index in [1.165, 1.54) is 6.07 Å². The van der Waals surface area contributed by atoms with Crippen LogP contribution in [0.15, 0.2) is 76.9 Å². The molecule has 6 heteroatoms. The molecule has 2 aromatic carbocycles. The lowest BCUT2D eigenvalue weighted by Gasteiger charge is -2.06. The molecule has 0 aliphatic rings. The highest BCUT2D eigenvalue weighted by molar-refractivity contribution is 7.13. The Balaban J connectivity index is 1.42. The molecule has 0 unspecified atom stereocenters. The van der Waals surface area contributed by atoms with E-state index in [0.29, 0.717) is 18.2 Å². The molecule has 0 bridgehead atoms. The lowest BCUT2D eigenvalue weighted by atomic mass is 10.1. The Kier molecular flexibility index (Phi) is 5.07. The molecule has 2 heterocycles. The predicted octanol–water partition coefficient (Wildman–Crippen LogP) is 4.22. The number of benzene rings is 2. The first-order valence-electron chi connectivity index (χ1n) is 8.68. The molecule has 0 fully saturated rings. The van der Waals surface area contributed by atoms with Crippen molar-refractivity contribution in [3.05, 3.63) is 88.2 Å². The second kappa shape index (κ2) is 7.97. The molecule has 0 saturated carbocycles. The first-order chi connectivity index (χ1) is 13.3. The van der Waals surface area contributed by atoms with E-state index >= 15 is 0 Å². The van der Waals surface area contributed by atoms with Gasteiger partial charge in [0.15, 0.2) is 0 Å². The van der Waals surface area contributed by atoms with E-state index in [2.05, 4.69) is 37.8 Å². The van der Waals surface area contributed by atoms with Crippen molar-refractivity contribution in [2.75, 3.05) is 11.9 Å². The fourth-order valence-electron chi connectivity index (χ4n) is 2.74. The molecule has 0 amide bonds. The Bertz CT molecular complexity index is 1070. The Morgan fingerprint density at radius 2 is 1.63 bits per heavy atom. The maximum Gasteiger partial charge on any atom is 0.252 e. The molecule has 0 saturated heterocycles. The van der Waals surface area contributed by atoms with Crippen LogP contribution >= 0.6 is 11.3 Å². The molecule has 2 N–H and O–H groups in total. The summed E-state index contributed by atoms with van der Waals surface area (Å²) in [6, 6.07) is 21.3. The Morgan fingerprint density at radius 3 is 2.37 bits per heavy atom. The van der Waals surface area contributed by atoms with Crippen LogP contribution in [0.3, 0.4) is 0 Å². The number of aromatic nitrogens is 3. The Morgan fingerprint density at radius 1 is 0.926 bits per heavy atom. The molecule has 2 aromatic heterocycles. The van der Waals surface area contributed by atoms with Gasteiger partial charge in [0.05, 0.1) is 11.4 Å². The molecule has 0 atom stereocenters. The molecule has 0 radical (unpaired) electrons. The average molecular weight is 374 g/mol. The van der Waals surface area contributed by atoms with Crippen molar-refractivity contribution in [2.45, 2.75) is 6.42 Å². The van der Waals surface area contributed by atoms with Gasteiger partial charge in [-0.25, -0.2) is 9.97 Å². The number of H-pyrrole nitrogens is 1. The van der Waals surface area contributed by atoms with Gasteiger partial charge >= 0.3 is 0 Å². The quantitative estimate of drug-likeness (QED) is 0.530. The summed E-state index contributed by atoms with van der Waals surface area (Å²) in [5.41, 5.74) is 3.54. The number of anilines is 1. The molecule has 5 nitrogen and oxygen atoms in total. The first kappa shape index (κ1) is 17.2. The number of thiazole rings is 1. The topological polar surface area (TPSA) is 70.7 Å². The number of nitrogens with zero attached hydrogens (tertiary/aromatic N) is 2. The van der Waals surface area contributed by atoms with Crippen molar-refractivity contribution in [2.24, 2.45) is 0 Å². The Hall–Kier alpha value is -3.25. The minimum atomic E-state index is -0.175. The van der Waals surface area contributed by atoms with Crippen LogP contribution < -0.4 is 10.9 Å². The summed E-state index contributed by atoms with van der Waals surface area (Å²) >= 11 is 1.64. The van der Waals surface area contributed by atoms with Crippen LogP contribution in [0.4, 0.5) is 5.95 Å². The van der Waals surface area contributed by atoms with Gasteiger partial charge in [-0.15, -0.1) is 11.3 Å². The van der Waals surface area contributed by atoms with E-state index in [1.54, 1.807) is 11.3 Å². The summed E-state index contributed by atoms with van der Waals surface area (Å²) in [6.07, 6.45) is 0.753. The summed E-state index contributed by atoms with van der Waals surface area (Å²) in [6.45, 7) is 0.638. The van der Waals surface area contributed by atoms with E-state index < -0.39 is 0 Å². The molecular formula is C21H18N4OS. The molecule has 134 valence electrons. The van der Waals surface area contributed by atoms with Gasteiger partial charge < -0.3 is 5.32 Å². The highest BCUT2D eigenvalue weighted by Gasteiger charge is 2.06. The molecule has 4 aromatic rings. The van der Waals surface area contributed by atoms with E-state index in [4.69, 9.17) is 0 Å². The smallest absolute Gasteiger partial charge is 0.252 e.